The smallest absolute Gasteiger partial charge is 0.207 e. The average molecular weight is 560 g/mol. The molecule has 0 fully saturated rings. The third-order valence-corrected chi connectivity index (χ3v) is 5.93. The second-order valence-corrected chi connectivity index (χ2v) is 8.68. The van der Waals surface area contributed by atoms with Gasteiger partial charge in [-0.05, 0) is 35.4 Å². The molecule has 4 rings (SSSR count). The predicted molar refractivity (Wildman–Crippen MR) is 118 cm³/mol. The number of hydrogen-bond acceptors (Lipinski definition) is 2. The van der Waals surface area contributed by atoms with Crippen LogP contribution in [0, 0.1) is 58.2 Å². The molecular weight excluding hydrogens is 546 g/mol. The molecule has 0 bridgehead atoms. The van der Waals surface area contributed by atoms with Gasteiger partial charge in [0.2, 0.25) is 69.7 Å². The van der Waals surface area contributed by atoms with Gasteiger partial charge in [-0.25, -0.2) is 26.3 Å². The van der Waals surface area contributed by atoms with Gasteiger partial charge in [0.25, 0.3) is 0 Å². The van der Waals surface area contributed by atoms with Crippen molar-refractivity contribution in [3.63, 3.8) is 0 Å². The molecule has 0 aliphatic rings. The lowest BCUT2D eigenvalue weighted by molar-refractivity contribution is 0.332. The lowest BCUT2D eigenvalue weighted by Gasteiger charge is -2.26. The molecule has 2 nitrogen and oxygen atoms in total. The lowest BCUT2D eigenvalue weighted by Crippen LogP contribution is -2.18. The maximum atomic E-state index is 13.9. The molecule has 0 radical (unpaired) electrons. The van der Waals surface area contributed by atoms with E-state index in [1.54, 1.807) is 13.8 Å². The zero-order valence-corrected chi connectivity index (χ0v) is 19.7. The van der Waals surface area contributed by atoms with Gasteiger partial charge in [0.1, 0.15) is 11.5 Å². The van der Waals surface area contributed by atoms with E-state index in [9.17, 15) is 43.9 Å². The fourth-order valence-electron chi connectivity index (χ4n) is 3.63. The normalized spacial score (nSPS) is 11.6. The third kappa shape index (κ3) is 4.86. The van der Waals surface area contributed by atoms with Gasteiger partial charge in [0, 0.05) is 5.41 Å². The minimum atomic E-state index is -2.32. The highest BCUT2D eigenvalue weighted by atomic mass is 19.2. The highest BCUT2D eigenvalue weighted by Gasteiger charge is 2.29. The first-order chi connectivity index (χ1) is 18.2. The SMILES string of the molecule is CC(C)(c1ccc(Oc2c(F)c(F)c(F)c(F)c2F)cc1)c1ccc(Oc2c(F)c(F)c(F)c(F)c2F)cc1. The number of benzene rings is 4. The molecule has 0 aliphatic carbocycles. The molecule has 4 aromatic rings. The number of halogens is 10. The minimum absolute atomic E-state index is 0.232. The van der Waals surface area contributed by atoms with Crippen molar-refractivity contribution in [2.24, 2.45) is 0 Å². The first kappa shape index (κ1) is 27.8. The molecule has 0 saturated carbocycles. The van der Waals surface area contributed by atoms with Gasteiger partial charge in [-0.3, -0.25) is 0 Å². The Hall–Kier alpha value is -4.22. The molecule has 0 atom stereocenters. The van der Waals surface area contributed by atoms with Gasteiger partial charge in [0.05, 0.1) is 0 Å². The van der Waals surface area contributed by atoms with Crippen LogP contribution in [0.4, 0.5) is 43.9 Å². The van der Waals surface area contributed by atoms with Crippen molar-refractivity contribution in [2.45, 2.75) is 19.3 Å². The molecule has 0 amide bonds. The molecule has 204 valence electrons. The van der Waals surface area contributed by atoms with Crippen LogP contribution in [0.15, 0.2) is 48.5 Å². The van der Waals surface area contributed by atoms with Crippen LogP contribution in [0.3, 0.4) is 0 Å². The summed E-state index contributed by atoms with van der Waals surface area (Å²) >= 11 is 0. The van der Waals surface area contributed by atoms with Gasteiger partial charge in [0.15, 0.2) is 0 Å². The van der Waals surface area contributed by atoms with Crippen LogP contribution in [-0.4, -0.2) is 0 Å². The molecule has 0 aromatic heterocycles. The van der Waals surface area contributed by atoms with Crippen molar-refractivity contribution in [3.05, 3.63) is 118 Å². The molecule has 39 heavy (non-hydrogen) atoms. The molecule has 12 heteroatoms. The Morgan fingerprint density at radius 2 is 0.615 bits per heavy atom. The Labute approximate surface area is 214 Å². The largest absolute Gasteiger partial charge is 0.451 e. The quantitative estimate of drug-likeness (QED) is 0.133. The number of rotatable bonds is 6. The van der Waals surface area contributed by atoms with Gasteiger partial charge in [-0.1, -0.05) is 38.1 Å². The average Bonchev–Trinajstić information content (AvgIpc) is 2.94. The van der Waals surface area contributed by atoms with E-state index < -0.39 is 75.1 Å². The van der Waals surface area contributed by atoms with Crippen molar-refractivity contribution >= 4 is 0 Å². The van der Waals surface area contributed by atoms with E-state index in [0.29, 0.717) is 11.1 Å². The Bertz CT molecular complexity index is 1390. The molecule has 0 spiro atoms. The predicted octanol–water partition coefficient (Wildman–Crippen LogP) is 8.99. The van der Waals surface area contributed by atoms with E-state index in [4.69, 9.17) is 9.47 Å². The first-order valence-electron chi connectivity index (χ1n) is 10.8. The zero-order chi connectivity index (χ0) is 28.8. The summed E-state index contributed by atoms with van der Waals surface area (Å²) in [7, 11) is 0. The summed E-state index contributed by atoms with van der Waals surface area (Å²) in [6.45, 7) is 3.49. The van der Waals surface area contributed by atoms with Crippen LogP contribution in [-0.2, 0) is 5.41 Å². The van der Waals surface area contributed by atoms with Crippen LogP contribution in [0.1, 0.15) is 25.0 Å². The fourth-order valence-corrected chi connectivity index (χ4v) is 3.63. The summed E-state index contributed by atoms with van der Waals surface area (Å²) in [6, 6.07) is 10.8. The Morgan fingerprint density at radius 1 is 0.385 bits per heavy atom. The van der Waals surface area contributed by atoms with Crippen LogP contribution < -0.4 is 9.47 Å². The van der Waals surface area contributed by atoms with E-state index in [1.165, 1.54) is 48.5 Å². The maximum Gasteiger partial charge on any atom is 0.207 e. The van der Waals surface area contributed by atoms with Gasteiger partial charge in [-0.2, -0.15) is 17.6 Å². The van der Waals surface area contributed by atoms with Crippen molar-refractivity contribution < 1.29 is 53.4 Å². The van der Waals surface area contributed by atoms with Gasteiger partial charge >= 0.3 is 0 Å². The summed E-state index contributed by atoms with van der Waals surface area (Å²) < 4.78 is 146. The van der Waals surface area contributed by atoms with Crippen LogP contribution in [0.5, 0.6) is 23.0 Å². The monoisotopic (exact) mass is 560 g/mol. The van der Waals surface area contributed by atoms with Crippen molar-refractivity contribution in [3.8, 4) is 23.0 Å². The summed E-state index contributed by atoms with van der Waals surface area (Å²) in [5.74, 6) is -25.2. The summed E-state index contributed by atoms with van der Waals surface area (Å²) in [6.07, 6.45) is 0. The molecule has 4 aromatic carbocycles. The standard InChI is InChI=1S/C27H14F10O2/c1-27(2,11-3-7-13(8-4-11)38-25-21(34)17(30)15(28)18(31)22(25)35)12-5-9-14(10-6-12)39-26-23(36)19(32)16(29)20(33)24(26)37/h3-10H,1-2H3. The molecular formula is C27H14F10O2. The minimum Gasteiger partial charge on any atom is -0.451 e. The Kier molecular flexibility index (Phi) is 7.24. The molecule has 0 N–H and O–H groups in total. The number of hydrogen-bond donors (Lipinski definition) is 0. The summed E-state index contributed by atoms with van der Waals surface area (Å²) in [4.78, 5) is 0. The number of ether oxygens (including phenoxy) is 2. The van der Waals surface area contributed by atoms with Crippen molar-refractivity contribution in [1.29, 1.82) is 0 Å². The van der Waals surface area contributed by atoms with E-state index in [1.807, 2.05) is 0 Å². The summed E-state index contributed by atoms with van der Waals surface area (Å²) in [5.41, 5.74) is 0.369. The van der Waals surface area contributed by atoms with Crippen molar-refractivity contribution in [1.82, 2.24) is 0 Å². The molecule has 0 unspecified atom stereocenters. The van der Waals surface area contributed by atoms with Crippen LogP contribution in [0.25, 0.3) is 0 Å². The highest BCUT2D eigenvalue weighted by molar-refractivity contribution is 5.44. The van der Waals surface area contributed by atoms with E-state index in [-0.39, 0.29) is 11.5 Å². The maximum absolute atomic E-state index is 13.9. The van der Waals surface area contributed by atoms with Gasteiger partial charge in [-0.15, -0.1) is 0 Å². The Balaban J connectivity index is 1.56. The second-order valence-electron chi connectivity index (χ2n) is 8.68. The molecule has 0 heterocycles. The second kappa shape index (κ2) is 10.2. The third-order valence-electron chi connectivity index (χ3n) is 5.93. The topological polar surface area (TPSA) is 18.5 Å². The Morgan fingerprint density at radius 3 is 0.872 bits per heavy atom. The molecule has 0 aliphatic heterocycles. The first-order valence-corrected chi connectivity index (χ1v) is 10.8. The highest BCUT2D eigenvalue weighted by Crippen LogP contribution is 2.37. The molecule has 0 saturated heterocycles. The van der Waals surface area contributed by atoms with Crippen molar-refractivity contribution in [2.75, 3.05) is 0 Å². The van der Waals surface area contributed by atoms with E-state index in [0.717, 1.165) is 0 Å². The van der Waals surface area contributed by atoms with E-state index in [2.05, 4.69) is 0 Å². The zero-order valence-electron chi connectivity index (χ0n) is 19.7. The van der Waals surface area contributed by atoms with Crippen LogP contribution >= 0.6 is 0 Å². The van der Waals surface area contributed by atoms with Crippen LogP contribution in [0.2, 0.25) is 0 Å². The summed E-state index contributed by atoms with van der Waals surface area (Å²) in [5, 5.41) is 0. The van der Waals surface area contributed by atoms with E-state index >= 15 is 0 Å². The van der Waals surface area contributed by atoms with Gasteiger partial charge < -0.3 is 9.47 Å². The fraction of sp³-hybridized carbons (Fsp3) is 0.111. The lowest BCUT2D eigenvalue weighted by atomic mass is 9.78.